The Balaban J connectivity index is 1.54. The molecule has 0 bridgehead atoms. The fourth-order valence-corrected chi connectivity index (χ4v) is 2.89. The van der Waals surface area contributed by atoms with E-state index < -0.39 is 0 Å². The van der Waals surface area contributed by atoms with Crippen LogP contribution in [0.2, 0.25) is 0 Å². The van der Waals surface area contributed by atoms with E-state index in [4.69, 9.17) is 9.47 Å². The average Bonchev–Trinajstić information content (AvgIpc) is 2.71. The zero-order chi connectivity index (χ0) is 19.5. The Morgan fingerprint density at radius 3 is 2.57 bits per heavy atom. The highest BCUT2D eigenvalue weighted by Crippen LogP contribution is 2.33. The van der Waals surface area contributed by atoms with Crippen LogP contribution in [-0.4, -0.2) is 28.9 Å². The molecule has 0 aliphatic carbocycles. The molecule has 28 heavy (non-hydrogen) atoms. The van der Waals surface area contributed by atoms with Crippen LogP contribution in [0.4, 0.5) is 5.69 Å². The second-order valence-corrected chi connectivity index (χ2v) is 6.49. The van der Waals surface area contributed by atoms with E-state index >= 15 is 0 Å². The van der Waals surface area contributed by atoms with Crippen molar-refractivity contribution in [1.29, 1.82) is 0 Å². The van der Waals surface area contributed by atoms with Crippen LogP contribution >= 0.6 is 0 Å². The lowest BCUT2D eigenvalue weighted by molar-refractivity contribution is -0.117. The zero-order valence-electron chi connectivity index (χ0n) is 15.3. The Kier molecular flexibility index (Phi) is 4.80. The Labute approximate surface area is 161 Å². The minimum absolute atomic E-state index is 0.175. The van der Waals surface area contributed by atoms with Crippen molar-refractivity contribution in [2.75, 3.05) is 18.5 Å². The molecule has 0 atom stereocenters. The second kappa shape index (κ2) is 7.56. The summed E-state index contributed by atoms with van der Waals surface area (Å²) in [5, 5.41) is 7.10. The van der Waals surface area contributed by atoms with Gasteiger partial charge in [-0.1, -0.05) is 17.7 Å². The van der Waals surface area contributed by atoms with Crippen LogP contribution in [0.25, 0.3) is 11.3 Å². The smallest absolute Gasteiger partial charge is 0.267 e. The normalized spacial score (nSPS) is 12.5. The number of fused-ring (bicyclic) bond motifs is 1. The molecule has 2 aromatic carbocycles. The van der Waals surface area contributed by atoms with Crippen LogP contribution in [-0.2, 0) is 11.3 Å². The summed E-state index contributed by atoms with van der Waals surface area (Å²) in [6.07, 6.45) is 0. The van der Waals surface area contributed by atoms with Gasteiger partial charge in [0.2, 0.25) is 5.91 Å². The topological polar surface area (TPSA) is 82.5 Å². The first-order valence-electron chi connectivity index (χ1n) is 8.93. The number of carbonyl (C=O) groups excluding carboxylic acids is 1. The third kappa shape index (κ3) is 3.88. The lowest BCUT2D eigenvalue weighted by Gasteiger charge is -2.18. The molecule has 3 aromatic rings. The van der Waals surface area contributed by atoms with Gasteiger partial charge in [-0.2, -0.15) is 5.10 Å². The third-order valence-corrected chi connectivity index (χ3v) is 4.33. The largest absolute Gasteiger partial charge is 0.486 e. The highest BCUT2D eigenvalue weighted by Gasteiger charge is 2.14. The van der Waals surface area contributed by atoms with Crippen molar-refractivity contribution in [3.8, 4) is 22.8 Å². The van der Waals surface area contributed by atoms with Gasteiger partial charge in [-0.3, -0.25) is 9.59 Å². The van der Waals surface area contributed by atoms with E-state index in [9.17, 15) is 9.59 Å². The summed E-state index contributed by atoms with van der Waals surface area (Å²) in [7, 11) is 0. The van der Waals surface area contributed by atoms with Gasteiger partial charge in [0.25, 0.3) is 5.56 Å². The minimum Gasteiger partial charge on any atom is -0.486 e. The first-order chi connectivity index (χ1) is 13.6. The fraction of sp³-hybridized carbons (Fsp3) is 0.190. The highest BCUT2D eigenvalue weighted by molar-refractivity contribution is 5.90. The van der Waals surface area contributed by atoms with Crippen molar-refractivity contribution in [2.45, 2.75) is 13.5 Å². The number of anilines is 1. The third-order valence-electron chi connectivity index (χ3n) is 4.33. The number of aryl methyl sites for hydroxylation is 1. The van der Waals surface area contributed by atoms with Gasteiger partial charge in [0.15, 0.2) is 11.5 Å². The predicted molar refractivity (Wildman–Crippen MR) is 105 cm³/mol. The molecule has 4 rings (SSSR count). The number of nitrogens with one attached hydrogen (secondary N) is 1. The van der Waals surface area contributed by atoms with E-state index in [0.717, 1.165) is 15.8 Å². The molecule has 0 fully saturated rings. The Morgan fingerprint density at radius 1 is 1.04 bits per heavy atom. The molecular weight excluding hydrogens is 358 g/mol. The van der Waals surface area contributed by atoms with E-state index in [1.165, 1.54) is 6.07 Å². The van der Waals surface area contributed by atoms with E-state index in [1.807, 2.05) is 49.4 Å². The van der Waals surface area contributed by atoms with Gasteiger partial charge in [0.05, 0.1) is 5.69 Å². The van der Waals surface area contributed by atoms with Crippen LogP contribution in [0.15, 0.2) is 59.4 Å². The van der Waals surface area contributed by atoms with Gasteiger partial charge in [-0.25, -0.2) is 4.68 Å². The van der Waals surface area contributed by atoms with Crippen molar-refractivity contribution in [1.82, 2.24) is 9.78 Å². The van der Waals surface area contributed by atoms with Gasteiger partial charge < -0.3 is 14.8 Å². The first-order valence-corrected chi connectivity index (χ1v) is 8.93. The highest BCUT2D eigenvalue weighted by atomic mass is 16.6. The number of hydrogen-bond acceptors (Lipinski definition) is 5. The number of carbonyl (C=O) groups is 1. The zero-order valence-corrected chi connectivity index (χ0v) is 15.3. The van der Waals surface area contributed by atoms with Gasteiger partial charge in [-0.15, -0.1) is 0 Å². The monoisotopic (exact) mass is 377 g/mol. The van der Waals surface area contributed by atoms with Gasteiger partial charge in [-0.05, 0) is 43.3 Å². The van der Waals surface area contributed by atoms with Crippen LogP contribution in [0.1, 0.15) is 5.56 Å². The Hall–Kier alpha value is -3.61. The number of nitrogens with zero attached hydrogens (tertiary/aromatic N) is 2. The van der Waals surface area contributed by atoms with Gasteiger partial charge >= 0.3 is 0 Å². The second-order valence-electron chi connectivity index (χ2n) is 6.49. The minimum atomic E-state index is -0.347. The fourth-order valence-electron chi connectivity index (χ4n) is 2.89. The summed E-state index contributed by atoms with van der Waals surface area (Å²) in [6.45, 7) is 2.80. The van der Waals surface area contributed by atoms with Crippen LogP contribution in [0.5, 0.6) is 11.5 Å². The SMILES string of the molecule is Cc1ccc(NC(=O)Cn2nc(-c3ccc4c(c3)OCCO4)ccc2=O)cc1. The summed E-state index contributed by atoms with van der Waals surface area (Å²) in [4.78, 5) is 24.5. The standard InChI is InChI=1S/C21H19N3O4/c1-14-2-5-16(6-3-14)22-20(25)13-24-21(26)9-7-17(23-24)15-4-8-18-19(12-15)28-11-10-27-18/h2-9,12H,10-11,13H2,1H3,(H,22,25). The molecule has 0 unspecified atom stereocenters. The number of amides is 1. The molecule has 1 aliphatic rings. The Bertz CT molecular complexity index is 1070. The van der Waals surface area contributed by atoms with Gasteiger partial charge in [0.1, 0.15) is 19.8 Å². The molecule has 1 N–H and O–H groups in total. The van der Waals surface area contributed by atoms with Crippen molar-refractivity contribution in [3.05, 3.63) is 70.5 Å². The van der Waals surface area contributed by atoms with Crippen LogP contribution < -0.4 is 20.3 Å². The average molecular weight is 377 g/mol. The molecular formula is C21H19N3O4. The predicted octanol–water partition coefficient (Wildman–Crippen LogP) is 2.63. The number of aromatic nitrogens is 2. The summed E-state index contributed by atoms with van der Waals surface area (Å²) in [5.41, 5.74) is 2.77. The van der Waals surface area contributed by atoms with E-state index in [-0.39, 0.29) is 18.0 Å². The molecule has 0 saturated heterocycles. The lowest BCUT2D eigenvalue weighted by atomic mass is 10.1. The molecule has 142 valence electrons. The molecule has 7 heteroatoms. The van der Waals surface area contributed by atoms with E-state index in [1.54, 1.807) is 6.07 Å². The van der Waals surface area contributed by atoms with Crippen molar-refractivity contribution in [3.63, 3.8) is 0 Å². The van der Waals surface area contributed by atoms with Crippen molar-refractivity contribution in [2.24, 2.45) is 0 Å². The van der Waals surface area contributed by atoms with E-state index in [0.29, 0.717) is 36.1 Å². The first kappa shape index (κ1) is 17.8. The molecule has 1 amide bonds. The Morgan fingerprint density at radius 2 is 1.79 bits per heavy atom. The van der Waals surface area contributed by atoms with Crippen molar-refractivity contribution < 1.29 is 14.3 Å². The van der Waals surface area contributed by atoms with Crippen LogP contribution in [0.3, 0.4) is 0 Å². The number of ether oxygens (including phenoxy) is 2. The summed E-state index contributed by atoms with van der Waals surface area (Å²) < 4.78 is 12.3. The quantitative estimate of drug-likeness (QED) is 0.756. The molecule has 0 radical (unpaired) electrons. The molecule has 0 spiro atoms. The van der Waals surface area contributed by atoms with E-state index in [2.05, 4.69) is 10.4 Å². The lowest BCUT2D eigenvalue weighted by Crippen LogP contribution is -2.29. The van der Waals surface area contributed by atoms with Crippen LogP contribution in [0, 0.1) is 6.92 Å². The number of hydrogen-bond donors (Lipinski definition) is 1. The maximum Gasteiger partial charge on any atom is 0.267 e. The maximum atomic E-state index is 12.3. The number of rotatable bonds is 4. The molecule has 1 aliphatic heterocycles. The van der Waals surface area contributed by atoms with Crippen molar-refractivity contribution >= 4 is 11.6 Å². The number of benzene rings is 2. The molecule has 2 heterocycles. The summed E-state index contributed by atoms with van der Waals surface area (Å²) in [5.74, 6) is 0.999. The summed E-state index contributed by atoms with van der Waals surface area (Å²) in [6, 6.07) is 15.9. The molecule has 7 nitrogen and oxygen atoms in total. The summed E-state index contributed by atoms with van der Waals surface area (Å²) >= 11 is 0. The maximum absolute atomic E-state index is 12.3. The molecule has 0 saturated carbocycles. The van der Waals surface area contributed by atoms with Gasteiger partial charge in [0, 0.05) is 17.3 Å². The molecule has 1 aromatic heterocycles.